The molecule has 0 amide bonds. The van der Waals surface area contributed by atoms with Gasteiger partial charge in [0.2, 0.25) is 0 Å². The average Bonchev–Trinajstić information content (AvgIpc) is 3.00. The maximum atomic E-state index is 12.7. The zero-order chi connectivity index (χ0) is 18.9. The van der Waals surface area contributed by atoms with Crippen molar-refractivity contribution in [1.82, 2.24) is 4.98 Å². The second kappa shape index (κ2) is 6.45. The molecular formula is C14H6F6N2O2S. The SMILES string of the molecule is O=NC(O)(c1ncc(C#Cc2ccc(C(F)(F)F)cc2)s1)C(F)(F)F. The standard InChI is InChI=1S/C14H6F6N2O2S/c15-13(16,17)9-4-1-8(2-5-9)3-6-10-7-21-11(25-10)12(23,22-24)14(18,19)20/h1-2,4-5,7,23H. The minimum absolute atomic E-state index is 0.0405. The molecule has 25 heavy (non-hydrogen) atoms. The number of nitroso groups, excluding NO2 is 1. The summed E-state index contributed by atoms with van der Waals surface area (Å²) in [6.07, 6.45) is -8.97. The normalized spacial score (nSPS) is 14.4. The van der Waals surface area contributed by atoms with Gasteiger partial charge in [-0.05, 0) is 35.4 Å². The first-order valence-corrected chi connectivity index (χ1v) is 7.08. The molecule has 2 rings (SSSR count). The molecule has 1 atom stereocenters. The van der Waals surface area contributed by atoms with Gasteiger partial charge in [0.15, 0.2) is 5.01 Å². The molecule has 0 bridgehead atoms. The third-order valence-electron chi connectivity index (χ3n) is 2.87. The number of benzene rings is 1. The van der Waals surface area contributed by atoms with Gasteiger partial charge in [0.25, 0.3) is 0 Å². The lowest BCUT2D eigenvalue weighted by atomic mass is 10.1. The van der Waals surface area contributed by atoms with Gasteiger partial charge in [0.1, 0.15) is 0 Å². The fraction of sp³-hybridized carbons (Fsp3) is 0.214. The van der Waals surface area contributed by atoms with Crippen LogP contribution >= 0.6 is 11.3 Å². The summed E-state index contributed by atoms with van der Waals surface area (Å²) < 4.78 is 75.3. The number of aromatic nitrogens is 1. The van der Waals surface area contributed by atoms with Crippen molar-refractivity contribution in [1.29, 1.82) is 0 Å². The number of hydrogen-bond donors (Lipinski definition) is 1. The highest BCUT2D eigenvalue weighted by Crippen LogP contribution is 2.41. The first-order chi connectivity index (χ1) is 11.5. The molecule has 1 unspecified atom stereocenters. The third kappa shape index (κ3) is 3.97. The van der Waals surface area contributed by atoms with Gasteiger partial charge in [-0.2, -0.15) is 26.3 Å². The number of thiazole rings is 1. The Morgan fingerprint density at radius 2 is 1.64 bits per heavy atom. The quantitative estimate of drug-likeness (QED) is 0.486. The topological polar surface area (TPSA) is 62.5 Å². The van der Waals surface area contributed by atoms with Crippen LogP contribution in [0, 0.1) is 16.7 Å². The lowest BCUT2D eigenvalue weighted by molar-refractivity contribution is -0.263. The van der Waals surface area contributed by atoms with Crippen LogP contribution in [0.4, 0.5) is 26.3 Å². The van der Waals surface area contributed by atoms with Crippen LogP contribution in [0.25, 0.3) is 0 Å². The molecule has 0 aliphatic rings. The second-order valence-electron chi connectivity index (χ2n) is 4.62. The number of rotatable bonds is 2. The Morgan fingerprint density at radius 3 is 2.12 bits per heavy atom. The predicted molar refractivity (Wildman–Crippen MR) is 75.3 cm³/mol. The van der Waals surface area contributed by atoms with E-state index in [1.54, 1.807) is 5.18 Å². The highest BCUT2D eigenvalue weighted by atomic mass is 32.1. The Hall–Kier alpha value is -2.45. The van der Waals surface area contributed by atoms with Crippen LogP contribution in [-0.2, 0) is 11.9 Å². The van der Waals surface area contributed by atoms with E-state index in [0.29, 0.717) is 0 Å². The van der Waals surface area contributed by atoms with E-state index >= 15 is 0 Å². The minimum atomic E-state index is -5.36. The molecule has 2 aromatic rings. The molecule has 1 heterocycles. The zero-order valence-electron chi connectivity index (χ0n) is 11.8. The van der Waals surface area contributed by atoms with Crippen LogP contribution in [0.1, 0.15) is 21.0 Å². The van der Waals surface area contributed by atoms with Crippen LogP contribution in [0.2, 0.25) is 0 Å². The van der Waals surface area contributed by atoms with Crippen molar-refractivity contribution in [3.63, 3.8) is 0 Å². The molecular weight excluding hydrogens is 374 g/mol. The van der Waals surface area contributed by atoms with Crippen molar-refractivity contribution in [2.24, 2.45) is 5.18 Å². The summed E-state index contributed by atoms with van der Waals surface area (Å²) in [6, 6.07) is 3.80. The Kier molecular flexibility index (Phi) is 4.87. The third-order valence-corrected chi connectivity index (χ3v) is 3.88. The fourth-order valence-electron chi connectivity index (χ4n) is 1.58. The molecule has 0 aliphatic heterocycles. The van der Waals surface area contributed by atoms with Crippen molar-refractivity contribution in [2.75, 3.05) is 0 Å². The van der Waals surface area contributed by atoms with Crippen LogP contribution < -0.4 is 0 Å². The molecule has 11 heteroatoms. The lowest BCUT2D eigenvalue weighted by Gasteiger charge is -2.19. The van der Waals surface area contributed by atoms with E-state index < -0.39 is 28.6 Å². The number of hydrogen-bond acceptors (Lipinski definition) is 5. The fourth-order valence-corrected chi connectivity index (χ4v) is 2.40. The first-order valence-electron chi connectivity index (χ1n) is 6.26. The lowest BCUT2D eigenvalue weighted by Crippen LogP contribution is -2.40. The van der Waals surface area contributed by atoms with E-state index in [-0.39, 0.29) is 21.8 Å². The van der Waals surface area contributed by atoms with Crippen LogP contribution in [-0.4, -0.2) is 16.3 Å². The molecule has 0 fully saturated rings. The summed E-state index contributed by atoms with van der Waals surface area (Å²) in [5, 5.41) is 10.0. The van der Waals surface area contributed by atoms with Crippen LogP contribution in [0.3, 0.4) is 0 Å². The van der Waals surface area contributed by atoms with E-state index in [2.05, 4.69) is 16.8 Å². The Balaban J connectivity index is 2.26. The highest BCUT2D eigenvalue weighted by Gasteiger charge is 2.60. The summed E-state index contributed by atoms with van der Waals surface area (Å²) in [6.45, 7) is 0. The Morgan fingerprint density at radius 1 is 1.04 bits per heavy atom. The molecule has 1 N–H and O–H groups in total. The van der Waals surface area contributed by atoms with Crippen molar-refractivity contribution in [3.05, 3.63) is 56.4 Å². The van der Waals surface area contributed by atoms with Gasteiger partial charge >= 0.3 is 18.1 Å². The first kappa shape index (κ1) is 18.9. The number of nitrogens with zero attached hydrogens (tertiary/aromatic N) is 2. The average molecular weight is 380 g/mol. The summed E-state index contributed by atoms with van der Waals surface area (Å²) in [7, 11) is 0. The van der Waals surface area contributed by atoms with E-state index in [1.165, 1.54) is 0 Å². The summed E-state index contributed by atoms with van der Waals surface area (Å²) in [4.78, 5) is 13.6. The second-order valence-corrected chi connectivity index (χ2v) is 5.65. The van der Waals surface area contributed by atoms with Gasteiger partial charge in [0, 0.05) is 5.56 Å². The molecule has 0 spiro atoms. The molecule has 0 radical (unpaired) electrons. The molecule has 0 saturated carbocycles. The van der Waals surface area contributed by atoms with Crippen molar-refractivity contribution in [3.8, 4) is 11.8 Å². The van der Waals surface area contributed by atoms with Gasteiger partial charge in [0.05, 0.1) is 16.6 Å². The van der Waals surface area contributed by atoms with Gasteiger partial charge in [-0.25, -0.2) is 4.98 Å². The Bertz CT molecular complexity index is 832. The number of halogens is 6. The van der Waals surface area contributed by atoms with Crippen LogP contribution in [0.5, 0.6) is 0 Å². The monoisotopic (exact) mass is 380 g/mol. The van der Waals surface area contributed by atoms with Crippen molar-refractivity contribution < 1.29 is 31.4 Å². The van der Waals surface area contributed by atoms with Crippen molar-refractivity contribution >= 4 is 11.3 Å². The molecule has 1 aromatic heterocycles. The summed E-state index contributed by atoms with van der Waals surface area (Å²) in [5.41, 5.74) is -4.67. The highest BCUT2D eigenvalue weighted by molar-refractivity contribution is 7.12. The van der Waals surface area contributed by atoms with Crippen molar-refractivity contribution in [2.45, 2.75) is 18.1 Å². The van der Waals surface area contributed by atoms with Gasteiger partial charge in [-0.1, -0.05) is 5.92 Å². The zero-order valence-corrected chi connectivity index (χ0v) is 12.6. The summed E-state index contributed by atoms with van der Waals surface area (Å²) >= 11 is 0.289. The van der Waals surface area contributed by atoms with Crippen LogP contribution in [0.15, 0.2) is 35.6 Å². The molecule has 0 aliphatic carbocycles. The van der Waals surface area contributed by atoms with E-state index in [1.807, 2.05) is 0 Å². The number of aliphatic hydroxyl groups is 1. The Labute approximate surface area is 140 Å². The van der Waals surface area contributed by atoms with E-state index in [9.17, 15) is 36.4 Å². The largest absolute Gasteiger partial charge is 0.449 e. The summed E-state index contributed by atoms with van der Waals surface area (Å²) in [5.74, 6) is 4.83. The molecule has 4 nitrogen and oxygen atoms in total. The predicted octanol–water partition coefficient (Wildman–Crippen LogP) is 4.04. The van der Waals surface area contributed by atoms with Gasteiger partial charge < -0.3 is 5.11 Å². The number of alkyl halides is 6. The minimum Gasteiger partial charge on any atom is -0.354 e. The van der Waals surface area contributed by atoms with Gasteiger partial charge in [-0.3, -0.25) is 0 Å². The van der Waals surface area contributed by atoms with Gasteiger partial charge in [-0.15, -0.1) is 16.2 Å². The maximum absolute atomic E-state index is 12.7. The maximum Gasteiger partial charge on any atom is 0.449 e. The molecule has 0 saturated heterocycles. The molecule has 1 aromatic carbocycles. The smallest absolute Gasteiger partial charge is 0.354 e. The van der Waals surface area contributed by atoms with E-state index in [4.69, 9.17) is 0 Å². The van der Waals surface area contributed by atoms with E-state index in [0.717, 1.165) is 30.5 Å². The molecule has 132 valence electrons.